The standard InChI is InChI=1S/C10H12Cl2N2O2/c1-2-7(5-15)14-10(16)6-3-8(11)9(12)13-4-6/h3-4,7,15H,2,5H2,1H3,(H,14,16)/t7-/m1/s1. The van der Waals surface area contributed by atoms with Gasteiger partial charge in [0.25, 0.3) is 5.91 Å². The maximum Gasteiger partial charge on any atom is 0.253 e. The lowest BCUT2D eigenvalue weighted by Gasteiger charge is -2.13. The van der Waals surface area contributed by atoms with Crippen molar-refractivity contribution in [2.75, 3.05) is 6.61 Å². The number of nitrogens with zero attached hydrogens (tertiary/aromatic N) is 1. The van der Waals surface area contributed by atoms with E-state index >= 15 is 0 Å². The first-order valence-corrected chi connectivity index (χ1v) is 5.56. The van der Waals surface area contributed by atoms with Crippen LogP contribution in [0.25, 0.3) is 0 Å². The summed E-state index contributed by atoms with van der Waals surface area (Å²) in [7, 11) is 0. The molecule has 0 aliphatic carbocycles. The molecule has 0 aromatic carbocycles. The Hall–Kier alpha value is -0.840. The highest BCUT2D eigenvalue weighted by atomic mass is 35.5. The Morgan fingerprint density at radius 3 is 2.81 bits per heavy atom. The van der Waals surface area contributed by atoms with Crippen LogP contribution in [0.3, 0.4) is 0 Å². The second-order valence-corrected chi connectivity index (χ2v) is 4.02. The maximum absolute atomic E-state index is 11.7. The molecular weight excluding hydrogens is 251 g/mol. The molecule has 0 bridgehead atoms. The van der Waals surface area contributed by atoms with E-state index in [1.165, 1.54) is 12.3 Å². The van der Waals surface area contributed by atoms with Gasteiger partial charge in [0.05, 0.1) is 23.2 Å². The average Bonchev–Trinajstić information content (AvgIpc) is 2.29. The van der Waals surface area contributed by atoms with Crippen LogP contribution in [-0.4, -0.2) is 28.6 Å². The summed E-state index contributed by atoms with van der Waals surface area (Å²) in [5.74, 6) is -0.327. The molecule has 1 rings (SSSR count). The summed E-state index contributed by atoms with van der Waals surface area (Å²) in [6.45, 7) is 1.77. The van der Waals surface area contributed by atoms with Gasteiger partial charge >= 0.3 is 0 Å². The van der Waals surface area contributed by atoms with Crippen LogP contribution in [0.15, 0.2) is 12.3 Å². The van der Waals surface area contributed by atoms with Crippen molar-refractivity contribution >= 4 is 29.1 Å². The monoisotopic (exact) mass is 262 g/mol. The number of pyridine rings is 1. The van der Waals surface area contributed by atoms with Crippen molar-refractivity contribution in [1.29, 1.82) is 0 Å². The van der Waals surface area contributed by atoms with Crippen molar-refractivity contribution in [2.45, 2.75) is 19.4 Å². The summed E-state index contributed by atoms with van der Waals surface area (Å²) < 4.78 is 0. The number of aliphatic hydroxyl groups excluding tert-OH is 1. The van der Waals surface area contributed by atoms with Crippen molar-refractivity contribution in [3.05, 3.63) is 28.0 Å². The minimum atomic E-state index is -0.327. The SMILES string of the molecule is CC[C@H](CO)NC(=O)c1cnc(Cl)c(Cl)c1. The van der Waals surface area contributed by atoms with Crippen LogP contribution in [0.2, 0.25) is 10.2 Å². The van der Waals surface area contributed by atoms with Crippen LogP contribution >= 0.6 is 23.2 Å². The summed E-state index contributed by atoms with van der Waals surface area (Å²) in [5.41, 5.74) is 0.321. The zero-order chi connectivity index (χ0) is 12.1. The van der Waals surface area contributed by atoms with Crippen LogP contribution in [0.5, 0.6) is 0 Å². The van der Waals surface area contributed by atoms with E-state index < -0.39 is 0 Å². The molecule has 0 aliphatic heterocycles. The molecule has 1 atom stereocenters. The normalized spacial score (nSPS) is 12.2. The summed E-state index contributed by atoms with van der Waals surface area (Å²) in [6, 6.07) is 1.18. The minimum Gasteiger partial charge on any atom is -0.394 e. The fraction of sp³-hybridized carbons (Fsp3) is 0.400. The molecule has 1 amide bonds. The third kappa shape index (κ3) is 3.33. The van der Waals surface area contributed by atoms with Crippen LogP contribution in [0.4, 0.5) is 0 Å². The number of carbonyl (C=O) groups excluding carboxylic acids is 1. The molecule has 1 aromatic rings. The van der Waals surface area contributed by atoms with Gasteiger partial charge in [-0.25, -0.2) is 4.98 Å². The van der Waals surface area contributed by atoms with Gasteiger partial charge in [0.2, 0.25) is 0 Å². The van der Waals surface area contributed by atoms with Crippen molar-refractivity contribution in [3.8, 4) is 0 Å². The Kier molecular flexibility index (Phi) is 4.99. The number of hydrogen-bond donors (Lipinski definition) is 2. The fourth-order valence-electron chi connectivity index (χ4n) is 1.09. The molecule has 1 aromatic heterocycles. The number of aromatic nitrogens is 1. The van der Waals surface area contributed by atoms with E-state index in [-0.39, 0.29) is 28.7 Å². The summed E-state index contributed by atoms with van der Waals surface area (Å²) in [6.07, 6.45) is 1.99. The van der Waals surface area contributed by atoms with Gasteiger partial charge in [-0.3, -0.25) is 4.79 Å². The van der Waals surface area contributed by atoms with Crippen LogP contribution < -0.4 is 5.32 Å². The number of halogens is 2. The lowest BCUT2D eigenvalue weighted by atomic mass is 10.2. The Morgan fingerprint density at radius 2 is 2.31 bits per heavy atom. The lowest BCUT2D eigenvalue weighted by molar-refractivity contribution is 0.0914. The van der Waals surface area contributed by atoms with E-state index in [4.69, 9.17) is 28.3 Å². The summed E-state index contributed by atoms with van der Waals surface area (Å²) >= 11 is 11.4. The van der Waals surface area contributed by atoms with Crippen LogP contribution in [0, 0.1) is 0 Å². The van der Waals surface area contributed by atoms with E-state index in [2.05, 4.69) is 10.3 Å². The zero-order valence-electron chi connectivity index (χ0n) is 8.70. The summed E-state index contributed by atoms with van der Waals surface area (Å²) in [4.78, 5) is 15.4. The number of carbonyl (C=O) groups is 1. The number of rotatable bonds is 4. The van der Waals surface area contributed by atoms with E-state index in [1.807, 2.05) is 6.92 Å². The second-order valence-electron chi connectivity index (χ2n) is 3.26. The lowest BCUT2D eigenvalue weighted by Crippen LogP contribution is -2.36. The smallest absolute Gasteiger partial charge is 0.253 e. The van der Waals surface area contributed by atoms with Crippen molar-refractivity contribution in [3.63, 3.8) is 0 Å². The van der Waals surface area contributed by atoms with Gasteiger partial charge in [-0.2, -0.15) is 0 Å². The maximum atomic E-state index is 11.7. The van der Waals surface area contributed by atoms with E-state index in [0.717, 1.165) is 0 Å². The minimum absolute atomic E-state index is 0.100. The van der Waals surface area contributed by atoms with E-state index in [9.17, 15) is 4.79 Å². The molecule has 0 radical (unpaired) electrons. The molecule has 0 unspecified atom stereocenters. The molecule has 88 valence electrons. The van der Waals surface area contributed by atoms with Crippen molar-refractivity contribution in [1.82, 2.24) is 10.3 Å². The van der Waals surface area contributed by atoms with Gasteiger partial charge in [0, 0.05) is 6.20 Å². The molecule has 1 heterocycles. The number of amides is 1. The predicted molar refractivity (Wildman–Crippen MR) is 62.9 cm³/mol. The molecule has 0 fully saturated rings. The number of hydrogen-bond acceptors (Lipinski definition) is 3. The van der Waals surface area contributed by atoms with E-state index in [1.54, 1.807) is 0 Å². The number of nitrogens with one attached hydrogen (secondary N) is 1. The first kappa shape index (κ1) is 13.2. The fourth-order valence-corrected chi connectivity index (χ4v) is 1.36. The zero-order valence-corrected chi connectivity index (χ0v) is 10.2. The molecule has 0 saturated heterocycles. The van der Waals surface area contributed by atoms with Crippen LogP contribution in [-0.2, 0) is 0 Å². The first-order chi connectivity index (χ1) is 7.58. The first-order valence-electron chi connectivity index (χ1n) is 4.81. The van der Waals surface area contributed by atoms with Gasteiger partial charge in [-0.1, -0.05) is 30.1 Å². The molecular formula is C10H12Cl2N2O2. The number of aliphatic hydroxyl groups is 1. The predicted octanol–water partition coefficient (Wildman–Crippen LogP) is 1.89. The third-order valence-electron chi connectivity index (χ3n) is 2.11. The highest BCUT2D eigenvalue weighted by Gasteiger charge is 2.12. The average molecular weight is 263 g/mol. The van der Waals surface area contributed by atoms with Gasteiger partial charge in [0.15, 0.2) is 0 Å². The highest BCUT2D eigenvalue weighted by molar-refractivity contribution is 6.41. The Morgan fingerprint density at radius 1 is 1.62 bits per heavy atom. The van der Waals surface area contributed by atoms with Crippen molar-refractivity contribution in [2.24, 2.45) is 0 Å². The molecule has 6 heteroatoms. The van der Waals surface area contributed by atoms with E-state index in [0.29, 0.717) is 12.0 Å². The summed E-state index contributed by atoms with van der Waals surface area (Å²) in [5, 5.41) is 12.0. The molecule has 2 N–H and O–H groups in total. The molecule has 16 heavy (non-hydrogen) atoms. The third-order valence-corrected chi connectivity index (χ3v) is 2.79. The largest absolute Gasteiger partial charge is 0.394 e. The Balaban J connectivity index is 2.76. The van der Waals surface area contributed by atoms with Gasteiger partial charge in [-0.05, 0) is 12.5 Å². The highest BCUT2D eigenvalue weighted by Crippen LogP contribution is 2.19. The van der Waals surface area contributed by atoms with Gasteiger partial charge in [-0.15, -0.1) is 0 Å². The second kappa shape index (κ2) is 6.03. The molecule has 0 spiro atoms. The van der Waals surface area contributed by atoms with Gasteiger partial charge < -0.3 is 10.4 Å². The molecule has 0 aliphatic rings. The quantitative estimate of drug-likeness (QED) is 0.815. The molecule has 0 saturated carbocycles. The van der Waals surface area contributed by atoms with Crippen molar-refractivity contribution < 1.29 is 9.90 Å². The van der Waals surface area contributed by atoms with Crippen LogP contribution in [0.1, 0.15) is 23.7 Å². The Bertz CT molecular complexity index is 381. The molecule has 4 nitrogen and oxygen atoms in total. The topological polar surface area (TPSA) is 62.2 Å². The van der Waals surface area contributed by atoms with Gasteiger partial charge in [0.1, 0.15) is 5.15 Å². The Labute approximate surface area is 104 Å².